The zero-order chi connectivity index (χ0) is 18.3. The molecule has 1 fully saturated rings. The summed E-state index contributed by atoms with van der Waals surface area (Å²) in [6.45, 7) is 11.6. The standard InChI is InChI=1S/C16H32NO5P/c1-8-16(9-2,23(19,20)21)13(18)22-12-10-14(3,4)17(7)15(5,6)11-12/h12H,8-11H2,1-7H3,(H2,19,20,21). The number of likely N-dealkylation sites (tertiary alicyclic amines) is 1. The van der Waals surface area contributed by atoms with E-state index >= 15 is 0 Å². The highest BCUT2D eigenvalue weighted by Crippen LogP contribution is 2.55. The Morgan fingerprint density at radius 3 is 1.87 bits per heavy atom. The summed E-state index contributed by atoms with van der Waals surface area (Å²) in [5, 5.41) is -1.73. The van der Waals surface area contributed by atoms with Gasteiger partial charge in [0.2, 0.25) is 0 Å². The Hall–Kier alpha value is -0.420. The van der Waals surface area contributed by atoms with E-state index in [1.807, 2.05) is 0 Å². The second-order valence-electron chi connectivity index (χ2n) is 7.90. The monoisotopic (exact) mass is 349 g/mol. The van der Waals surface area contributed by atoms with Gasteiger partial charge in [-0.2, -0.15) is 0 Å². The minimum Gasteiger partial charge on any atom is -0.461 e. The van der Waals surface area contributed by atoms with E-state index in [1.165, 1.54) is 0 Å². The lowest BCUT2D eigenvalue weighted by molar-refractivity contribution is -0.162. The van der Waals surface area contributed by atoms with Crippen molar-refractivity contribution in [2.45, 2.75) is 89.6 Å². The van der Waals surface area contributed by atoms with E-state index in [2.05, 4.69) is 39.6 Å². The first-order valence-electron chi connectivity index (χ1n) is 8.24. The molecule has 0 unspecified atom stereocenters. The van der Waals surface area contributed by atoms with Crippen LogP contribution in [-0.4, -0.2) is 50.0 Å². The summed E-state index contributed by atoms with van der Waals surface area (Å²) in [7, 11) is -2.54. The predicted molar refractivity (Wildman–Crippen MR) is 90.4 cm³/mol. The minimum atomic E-state index is -4.59. The van der Waals surface area contributed by atoms with Crippen molar-refractivity contribution in [2.24, 2.45) is 0 Å². The topological polar surface area (TPSA) is 87.1 Å². The number of carbonyl (C=O) groups is 1. The van der Waals surface area contributed by atoms with E-state index in [0.717, 1.165) is 0 Å². The summed E-state index contributed by atoms with van der Waals surface area (Å²) in [6, 6.07) is 0. The molecule has 1 aliphatic rings. The number of hydrogen-bond donors (Lipinski definition) is 2. The average Bonchev–Trinajstić information content (AvgIpc) is 2.35. The third-order valence-corrected chi connectivity index (χ3v) is 7.58. The lowest BCUT2D eigenvalue weighted by Crippen LogP contribution is -2.60. The number of hydrogen-bond acceptors (Lipinski definition) is 4. The van der Waals surface area contributed by atoms with Crippen LogP contribution in [0.3, 0.4) is 0 Å². The Labute approximate surface area is 139 Å². The van der Waals surface area contributed by atoms with Crippen LogP contribution in [0.5, 0.6) is 0 Å². The Morgan fingerprint density at radius 2 is 1.57 bits per heavy atom. The molecule has 0 spiro atoms. The molecule has 0 radical (unpaired) electrons. The summed E-state index contributed by atoms with van der Waals surface area (Å²) < 4.78 is 17.5. The maximum atomic E-state index is 12.6. The van der Waals surface area contributed by atoms with Crippen LogP contribution in [0.2, 0.25) is 0 Å². The minimum absolute atomic E-state index is 0.0615. The maximum absolute atomic E-state index is 12.6. The van der Waals surface area contributed by atoms with Gasteiger partial charge in [-0.25, -0.2) is 0 Å². The van der Waals surface area contributed by atoms with Crippen LogP contribution in [0, 0.1) is 0 Å². The van der Waals surface area contributed by atoms with E-state index in [1.54, 1.807) is 13.8 Å². The van der Waals surface area contributed by atoms with Crippen molar-refractivity contribution < 1.29 is 23.9 Å². The summed E-state index contributed by atoms with van der Waals surface area (Å²) >= 11 is 0. The van der Waals surface area contributed by atoms with E-state index in [4.69, 9.17) is 4.74 Å². The van der Waals surface area contributed by atoms with Gasteiger partial charge in [0.25, 0.3) is 0 Å². The zero-order valence-corrected chi connectivity index (χ0v) is 16.3. The van der Waals surface area contributed by atoms with E-state index < -0.39 is 18.7 Å². The van der Waals surface area contributed by atoms with Gasteiger partial charge in [-0.1, -0.05) is 13.8 Å². The first-order chi connectivity index (χ1) is 10.2. The molecule has 136 valence electrons. The molecule has 1 rings (SSSR count). The second kappa shape index (κ2) is 6.47. The molecule has 0 amide bonds. The third kappa shape index (κ3) is 3.81. The van der Waals surface area contributed by atoms with E-state index in [9.17, 15) is 19.1 Å². The van der Waals surface area contributed by atoms with E-state index in [-0.39, 0.29) is 30.0 Å². The second-order valence-corrected chi connectivity index (χ2v) is 9.85. The van der Waals surface area contributed by atoms with Gasteiger partial charge in [0.05, 0.1) is 0 Å². The number of carbonyl (C=O) groups excluding carboxylic acids is 1. The van der Waals surface area contributed by atoms with Gasteiger partial charge in [0.1, 0.15) is 6.10 Å². The molecule has 0 bridgehead atoms. The molecule has 0 aliphatic carbocycles. The van der Waals surface area contributed by atoms with Gasteiger partial charge >= 0.3 is 13.6 Å². The molecule has 6 nitrogen and oxygen atoms in total. The number of rotatable bonds is 5. The molecule has 0 aromatic carbocycles. The van der Waals surface area contributed by atoms with Crippen LogP contribution in [0.1, 0.15) is 67.2 Å². The number of piperidine rings is 1. The molecule has 0 atom stereocenters. The fourth-order valence-electron chi connectivity index (χ4n) is 3.69. The van der Waals surface area contributed by atoms with Gasteiger partial charge in [0.15, 0.2) is 5.16 Å². The van der Waals surface area contributed by atoms with Crippen LogP contribution in [-0.2, 0) is 14.1 Å². The SMILES string of the molecule is CCC(CC)(C(=O)OC1CC(C)(C)N(C)C(C)(C)C1)P(=O)(O)O. The normalized spacial score (nSPS) is 22.8. The van der Waals surface area contributed by atoms with Crippen LogP contribution in [0.25, 0.3) is 0 Å². The van der Waals surface area contributed by atoms with Crippen molar-refractivity contribution in [2.75, 3.05) is 7.05 Å². The molecule has 0 saturated carbocycles. The van der Waals surface area contributed by atoms with Crippen molar-refractivity contribution in [3.8, 4) is 0 Å². The molecule has 1 saturated heterocycles. The van der Waals surface area contributed by atoms with Crippen LogP contribution in [0.15, 0.2) is 0 Å². The molecule has 23 heavy (non-hydrogen) atoms. The fraction of sp³-hybridized carbons (Fsp3) is 0.938. The summed E-state index contributed by atoms with van der Waals surface area (Å²) in [5.74, 6) is -0.767. The van der Waals surface area contributed by atoms with Crippen LogP contribution >= 0.6 is 7.60 Å². The predicted octanol–water partition coefficient (Wildman–Crippen LogP) is 2.92. The molecule has 2 N–H and O–H groups in total. The number of nitrogens with zero attached hydrogens (tertiary/aromatic N) is 1. The highest BCUT2D eigenvalue weighted by molar-refractivity contribution is 7.54. The van der Waals surface area contributed by atoms with E-state index in [0.29, 0.717) is 12.8 Å². The first-order valence-corrected chi connectivity index (χ1v) is 9.85. The van der Waals surface area contributed by atoms with Gasteiger partial charge in [-0.15, -0.1) is 0 Å². The maximum Gasteiger partial charge on any atom is 0.342 e. The van der Waals surface area contributed by atoms with Crippen molar-refractivity contribution in [3.05, 3.63) is 0 Å². The number of esters is 1. The van der Waals surface area contributed by atoms with Gasteiger partial charge in [0, 0.05) is 23.9 Å². The van der Waals surface area contributed by atoms with Crippen molar-refractivity contribution in [1.29, 1.82) is 0 Å². The highest BCUT2D eigenvalue weighted by Gasteiger charge is 2.53. The Bertz CT molecular complexity index is 475. The van der Waals surface area contributed by atoms with Gasteiger partial charge in [-0.05, 0) is 47.6 Å². The molecular formula is C16H32NO5P. The quantitative estimate of drug-likeness (QED) is 0.586. The Morgan fingerprint density at radius 1 is 1.17 bits per heavy atom. The molecule has 7 heteroatoms. The number of ether oxygens (including phenoxy) is 1. The van der Waals surface area contributed by atoms with Crippen molar-refractivity contribution in [3.63, 3.8) is 0 Å². The highest BCUT2D eigenvalue weighted by atomic mass is 31.2. The Kier molecular flexibility index (Phi) is 5.80. The van der Waals surface area contributed by atoms with Crippen LogP contribution < -0.4 is 0 Å². The van der Waals surface area contributed by atoms with Crippen molar-refractivity contribution in [1.82, 2.24) is 4.90 Å². The molecule has 1 aliphatic heterocycles. The van der Waals surface area contributed by atoms with Crippen LogP contribution in [0.4, 0.5) is 0 Å². The smallest absolute Gasteiger partial charge is 0.342 e. The first kappa shape index (κ1) is 20.6. The fourth-order valence-corrected chi connectivity index (χ4v) is 4.81. The molecule has 0 aromatic rings. The lowest BCUT2D eigenvalue weighted by atomic mass is 9.78. The largest absolute Gasteiger partial charge is 0.461 e. The summed E-state index contributed by atoms with van der Waals surface area (Å²) in [5.41, 5.74) is -0.314. The third-order valence-electron chi connectivity index (χ3n) is 5.65. The van der Waals surface area contributed by atoms with Gasteiger partial charge in [-0.3, -0.25) is 14.3 Å². The summed E-state index contributed by atoms with van der Waals surface area (Å²) in [6.07, 6.45) is 1.07. The zero-order valence-electron chi connectivity index (χ0n) is 15.4. The lowest BCUT2D eigenvalue weighted by Gasteiger charge is -2.53. The average molecular weight is 349 g/mol. The summed E-state index contributed by atoms with van der Waals surface area (Å²) in [4.78, 5) is 34.2. The molecular weight excluding hydrogens is 317 g/mol. The van der Waals surface area contributed by atoms with Crippen molar-refractivity contribution >= 4 is 13.6 Å². The van der Waals surface area contributed by atoms with Gasteiger partial charge < -0.3 is 14.5 Å². The Balaban J connectivity index is 3.03. The molecule has 0 aromatic heterocycles. The molecule has 1 heterocycles.